The van der Waals surface area contributed by atoms with Crippen LogP contribution in [0.4, 0.5) is 5.69 Å². The van der Waals surface area contributed by atoms with Gasteiger partial charge in [-0.15, -0.1) is 12.4 Å². The zero-order valence-electron chi connectivity index (χ0n) is 12.1. The number of rotatable bonds is 7. The van der Waals surface area contributed by atoms with Crippen molar-refractivity contribution >= 4 is 24.0 Å². The number of anilines is 1. The predicted molar refractivity (Wildman–Crippen MR) is 84.4 cm³/mol. The molecule has 0 atom stereocenters. The summed E-state index contributed by atoms with van der Waals surface area (Å²) >= 11 is 0. The van der Waals surface area contributed by atoms with Gasteiger partial charge in [-0.2, -0.15) is 0 Å². The van der Waals surface area contributed by atoms with Crippen molar-refractivity contribution in [3.8, 4) is 0 Å². The third-order valence-corrected chi connectivity index (χ3v) is 3.10. The van der Waals surface area contributed by atoms with Crippen LogP contribution in [0.25, 0.3) is 0 Å². The van der Waals surface area contributed by atoms with Crippen molar-refractivity contribution in [2.75, 3.05) is 11.9 Å². The summed E-state index contributed by atoms with van der Waals surface area (Å²) in [4.78, 5) is 23.7. The summed E-state index contributed by atoms with van der Waals surface area (Å²) in [7, 11) is 1.67. The van der Waals surface area contributed by atoms with Crippen molar-refractivity contribution in [1.82, 2.24) is 4.57 Å². The molecule has 0 saturated heterocycles. The van der Waals surface area contributed by atoms with Gasteiger partial charge in [-0.25, -0.2) is 0 Å². The lowest BCUT2D eigenvalue weighted by Gasteiger charge is -2.09. The molecule has 0 aromatic carbocycles. The van der Waals surface area contributed by atoms with Crippen LogP contribution in [0.5, 0.6) is 0 Å². The van der Waals surface area contributed by atoms with E-state index in [0.29, 0.717) is 18.7 Å². The first kappa shape index (κ1) is 18.7. The van der Waals surface area contributed by atoms with Gasteiger partial charge in [0.05, 0.1) is 0 Å². The summed E-state index contributed by atoms with van der Waals surface area (Å²) in [5.41, 5.74) is 6.41. The van der Waals surface area contributed by atoms with Crippen molar-refractivity contribution < 1.29 is 4.79 Å². The maximum absolute atomic E-state index is 11.9. The Balaban J connectivity index is 0.00000361. The van der Waals surface area contributed by atoms with Gasteiger partial charge in [0.25, 0.3) is 5.56 Å². The second kappa shape index (κ2) is 9.55. The van der Waals surface area contributed by atoms with E-state index in [2.05, 4.69) is 5.32 Å². The van der Waals surface area contributed by atoms with Crippen LogP contribution < -0.4 is 16.6 Å². The lowest BCUT2D eigenvalue weighted by molar-refractivity contribution is -0.116. The maximum Gasteiger partial charge on any atom is 0.274 e. The van der Waals surface area contributed by atoms with E-state index in [1.165, 1.54) is 4.57 Å². The molecule has 0 aliphatic heterocycles. The summed E-state index contributed by atoms with van der Waals surface area (Å²) in [5.74, 6) is -0.0980. The number of aromatic nitrogens is 1. The number of nitrogens with one attached hydrogen (secondary N) is 1. The topological polar surface area (TPSA) is 77.1 Å². The number of amides is 1. The maximum atomic E-state index is 11.9. The molecular weight excluding hydrogens is 278 g/mol. The van der Waals surface area contributed by atoms with E-state index in [0.717, 1.165) is 31.2 Å². The van der Waals surface area contributed by atoms with Gasteiger partial charge in [0.15, 0.2) is 0 Å². The fourth-order valence-electron chi connectivity index (χ4n) is 1.86. The highest BCUT2D eigenvalue weighted by Gasteiger charge is 2.09. The number of halogens is 1. The second-order valence-electron chi connectivity index (χ2n) is 4.79. The Kier molecular flexibility index (Phi) is 8.92. The first-order valence-electron chi connectivity index (χ1n) is 6.72. The SMILES string of the molecule is Cc1ccn(C)c(=O)c1NC(=O)CCCCCCN.Cl. The highest BCUT2D eigenvalue weighted by Crippen LogP contribution is 2.09. The largest absolute Gasteiger partial charge is 0.330 e. The molecule has 0 spiro atoms. The van der Waals surface area contributed by atoms with E-state index >= 15 is 0 Å². The third kappa shape index (κ3) is 5.75. The summed E-state index contributed by atoms with van der Waals surface area (Å²) in [6.07, 6.45) is 6.02. The molecule has 0 fully saturated rings. The van der Waals surface area contributed by atoms with Gasteiger partial charge < -0.3 is 15.6 Å². The van der Waals surface area contributed by atoms with Crippen LogP contribution >= 0.6 is 12.4 Å². The van der Waals surface area contributed by atoms with Crippen LogP contribution in [0.2, 0.25) is 0 Å². The molecule has 3 N–H and O–H groups in total. The number of unbranched alkanes of at least 4 members (excludes halogenated alkanes) is 3. The highest BCUT2D eigenvalue weighted by molar-refractivity contribution is 5.91. The average Bonchev–Trinajstić information content (AvgIpc) is 2.39. The van der Waals surface area contributed by atoms with E-state index in [9.17, 15) is 9.59 Å². The van der Waals surface area contributed by atoms with Gasteiger partial charge in [0.1, 0.15) is 5.69 Å². The minimum Gasteiger partial charge on any atom is -0.330 e. The molecule has 6 heteroatoms. The lowest BCUT2D eigenvalue weighted by Crippen LogP contribution is -2.24. The van der Waals surface area contributed by atoms with Crippen LogP contribution in [0.1, 0.15) is 37.7 Å². The number of pyridine rings is 1. The Morgan fingerprint density at radius 2 is 1.95 bits per heavy atom. The van der Waals surface area contributed by atoms with E-state index in [1.807, 2.05) is 13.0 Å². The number of carbonyl (C=O) groups is 1. The average molecular weight is 302 g/mol. The van der Waals surface area contributed by atoms with E-state index in [4.69, 9.17) is 5.73 Å². The number of nitrogens with two attached hydrogens (primary N) is 1. The number of carbonyl (C=O) groups excluding carboxylic acids is 1. The molecule has 0 aliphatic carbocycles. The third-order valence-electron chi connectivity index (χ3n) is 3.10. The Hall–Kier alpha value is -1.33. The van der Waals surface area contributed by atoms with Crippen LogP contribution in [0.15, 0.2) is 17.1 Å². The smallest absolute Gasteiger partial charge is 0.274 e. The predicted octanol–water partition coefficient (Wildman–Crippen LogP) is 1.96. The van der Waals surface area contributed by atoms with Crippen molar-refractivity contribution in [2.24, 2.45) is 12.8 Å². The molecule has 1 aromatic heterocycles. The van der Waals surface area contributed by atoms with Gasteiger partial charge in [-0.3, -0.25) is 9.59 Å². The summed E-state index contributed by atoms with van der Waals surface area (Å²) in [5, 5.41) is 2.71. The standard InChI is InChI=1S/C14H23N3O2.ClH/c1-11-8-10-17(2)14(19)13(11)16-12(18)7-5-3-4-6-9-15;/h8,10H,3-7,9,15H2,1-2H3,(H,16,18);1H. The highest BCUT2D eigenvalue weighted by atomic mass is 35.5. The fourth-order valence-corrected chi connectivity index (χ4v) is 1.86. The molecule has 1 rings (SSSR count). The molecular formula is C14H24ClN3O2. The van der Waals surface area contributed by atoms with Gasteiger partial charge >= 0.3 is 0 Å². The molecule has 0 aliphatic rings. The van der Waals surface area contributed by atoms with Crippen LogP contribution in [0.3, 0.4) is 0 Å². The van der Waals surface area contributed by atoms with Crippen molar-refractivity contribution in [3.63, 3.8) is 0 Å². The molecule has 1 heterocycles. The number of nitrogens with zero attached hydrogens (tertiary/aromatic N) is 1. The number of hydrogen-bond acceptors (Lipinski definition) is 3. The first-order chi connectivity index (χ1) is 9.06. The van der Waals surface area contributed by atoms with Crippen molar-refractivity contribution in [1.29, 1.82) is 0 Å². The Labute approximate surface area is 126 Å². The molecule has 0 saturated carbocycles. The monoisotopic (exact) mass is 301 g/mol. The van der Waals surface area contributed by atoms with Crippen LogP contribution in [0, 0.1) is 6.92 Å². The Bertz CT molecular complexity index is 486. The van der Waals surface area contributed by atoms with E-state index in [1.54, 1.807) is 13.2 Å². The van der Waals surface area contributed by atoms with Crippen LogP contribution in [-0.2, 0) is 11.8 Å². The normalized spacial score (nSPS) is 9.95. The molecule has 1 amide bonds. The Morgan fingerprint density at radius 3 is 2.60 bits per heavy atom. The second-order valence-corrected chi connectivity index (χ2v) is 4.79. The zero-order valence-corrected chi connectivity index (χ0v) is 13.0. The molecule has 0 radical (unpaired) electrons. The quantitative estimate of drug-likeness (QED) is 0.756. The Morgan fingerprint density at radius 1 is 1.30 bits per heavy atom. The van der Waals surface area contributed by atoms with Crippen molar-refractivity contribution in [2.45, 2.75) is 39.0 Å². The molecule has 0 unspecified atom stereocenters. The minimum atomic E-state index is -0.170. The zero-order chi connectivity index (χ0) is 14.3. The first-order valence-corrected chi connectivity index (χ1v) is 6.72. The van der Waals surface area contributed by atoms with Gasteiger partial charge in [0, 0.05) is 19.7 Å². The molecule has 20 heavy (non-hydrogen) atoms. The van der Waals surface area contributed by atoms with E-state index < -0.39 is 0 Å². The van der Waals surface area contributed by atoms with Crippen molar-refractivity contribution in [3.05, 3.63) is 28.2 Å². The van der Waals surface area contributed by atoms with Gasteiger partial charge in [0.2, 0.25) is 5.91 Å². The van der Waals surface area contributed by atoms with E-state index in [-0.39, 0.29) is 23.9 Å². The summed E-state index contributed by atoms with van der Waals surface area (Å²) in [6.45, 7) is 2.52. The number of hydrogen-bond donors (Lipinski definition) is 2. The summed E-state index contributed by atoms with van der Waals surface area (Å²) < 4.78 is 1.46. The van der Waals surface area contributed by atoms with Gasteiger partial charge in [-0.05, 0) is 37.9 Å². The molecule has 5 nitrogen and oxygen atoms in total. The van der Waals surface area contributed by atoms with Crippen LogP contribution in [-0.4, -0.2) is 17.0 Å². The molecule has 1 aromatic rings. The summed E-state index contributed by atoms with van der Waals surface area (Å²) in [6, 6.07) is 1.82. The minimum absolute atomic E-state index is 0. The number of aryl methyl sites for hydroxylation is 2. The molecule has 0 bridgehead atoms. The van der Waals surface area contributed by atoms with Gasteiger partial charge in [-0.1, -0.05) is 12.8 Å². The molecule has 114 valence electrons. The lowest BCUT2D eigenvalue weighted by atomic mass is 10.1. The fraction of sp³-hybridized carbons (Fsp3) is 0.571.